The first-order chi connectivity index (χ1) is 13.7. The number of hydrogen-bond acceptors (Lipinski definition) is 6. The second-order valence-electron chi connectivity index (χ2n) is 5.90. The molecular formula is C19H15FN6OS. The third kappa shape index (κ3) is 3.99. The first kappa shape index (κ1) is 18.1. The zero-order valence-corrected chi connectivity index (χ0v) is 15.4. The lowest BCUT2D eigenvalue weighted by atomic mass is 10.2. The van der Waals surface area contributed by atoms with Crippen molar-refractivity contribution in [3.8, 4) is 0 Å². The van der Waals surface area contributed by atoms with E-state index in [1.54, 1.807) is 16.8 Å². The van der Waals surface area contributed by atoms with Crippen LogP contribution in [0.25, 0.3) is 11.2 Å². The van der Waals surface area contributed by atoms with Gasteiger partial charge in [0.25, 0.3) is 0 Å². The van der Waals surface area contributed by atoms with E-state index in [1.165, 1.54) is 30.2 Å². The Hall–Kier alpha value is -3.33. The van der Waals surface area contributed by atoms with Crippen molar-refractivity contribution in [1.82, 2.24) is 25.0 Å². The molecule has 0 saturated heterocycles. The van der Waals surface area contributed by atoms with Crippen LogP contribution in [0.1, 0.15) is 5.56 Å². The fourth-order valence-corrected chi connectivity index (χ4v) is 3.35. The number of halogens is 1. The van der Waals surface area contributed by atoms with Gasteiger partial charge in [0.05, 0.1) is 18.0 Å². The van der Waals surface area contributed by atoms with E-state index in [0.29, 0.717) is 22.7 Å². The summed E-state index contributed by atoms with van der Waals surface area (Å²) in [6, 6.07) is 15.9. The molecule has 7 nitrogen and oxygen atoms in total. The van der Waals surface area contributed by atoms with Gasteiger partial charge < -0.3 is 5.32 Å². The Morgan fingerprint density at radius 2 is 1.86 bits per heavy atom. The fourth-order valence-electron chi connectivity index (χ4n) is 2.62. The van der Waals surface area contributed by atoms with Crippen LogP contribution in [0.2, 0.25) is 0 Å². The van der Waals surface area contributed by atoms with Gasteiger partial charge in [-0.15, -0.1) is 5.10 Å². The molecule has 2 heterocycles. The fraction of sp³-hybridized carbons (Fsp3) is 0.105. The van der Waals surface area contributed by atoms with E-state index in [1.807, 2.05) is 30.3 Å². The van der Waals surface area contributed by atoms with E-state index in [0.717, 1.165) is 5.56 Å². The number of carbonyl (C=O) groups is 1. The second kappa shape index (κ2) is 8.13. The van der Waals surface area contributed by atoms with Crippen molar-refractivity contribution in [3.63, 3.8) is 0 Å². The maximum absolute atomic E-state index is 13.6. The Labute approximate surface area is 164 Å². The van der Waals surface area contributed by atoms with Crippen LogP contribution in [0.3, 0.4) is 0 Å². The van der Waals surface area contributed by atoms with Gasteiger partial charge in [-0.25, -0.2) is 19.0 Å². The highest BCUT2D eigenvalue weighted by molar-refractivity contribution is 8.00. The maximum Gasteiger partial charge on any atom is 0.234 e. The Kier molecular flexibility index (Phi) is 5.24. The number of thioether (sulfide) groups is 1. The number of anilines is 1. The predicted octanol–water partition coefficient (Wildman–Crippen LogP) is 3.14. The molecule has 4 aromatic rings. The Morgan fingerprint density at radius 1 is 1.07 bits per heavy atom. The van der Waals surface area contributed by atoms with Crippen molar-refractivity contribution in [2.24, 2.45) is 0 Å². The standard InChI is InChI=1S/C19H15FN6OS/c20-14-8-4-5-9-15(14)23-16(27)11-28-19-17-18(21-12-22-19)26(25-24-17)10-13-6-2-1-3-7-13/h1-9,12H,10-11H2,(H,23,27). The molecule has 0 radical (unpaired) electrons. The van der Waals surface area contributed by atoms with Crippen molar-refractivity contribution < 1.29 is 9.18 Å². The van der Waals surface area contributed by atoms with E-state index in [9.17, 15) is 9.18 Å². The van der Waals surface area contributed by atoms with E-state index in [-0.39, 0.29) is 17.3 Å². The Balaban J connectivity index is 1.47. The van der Waals surface area contributed by atoms with Crippen LogP contribution in [0.15, 0.2) is 66.0 Å². The highest BCUT2D eigenvalue weighted by Crippen LogP contribution is 2.23. The third-order valence-corrected chi connectivity index (χ3v) is 4.91. The number of carbonyl (C=O) groups excluding carboxylic acids is 1. The molecular weight excluding hydrogens is 379 g/mol. The number of aromatic nitrogens is 5. The largest absolute Gasteiger partial charge is 0.323 e. The lowest BCUT2D eigenvalue weighted by molar-refractivity contribution is -0.113. The number of benzene rings is 2. The summed E-state index contributed by atoms with van der Waals surface area (Å²) in [6.07, 6.45) is 1.42. The topological polar surface area (TPSA) is 85.6 Å². The number of para-hydroxylation sites is 1. The Bertz CT molecular complexity index is 1120. The van der Waals surface area contributed by atoms with Gasteiger partial charge in [0.2, 0.25) is 5.91 Å². The van der Waals surface area contributed by atoms with Crippen molar-refractivity contribution >= 4 is 34.5 Å². The molecule has 0 bridgehead atoms. The van der Waals surface area contributed by atoms with Crippen LogP contribution in [-0.4, -0.2) is 36.6 Å². The first-order valence-electron chi connectivity index (χ1n) is 8.46. The molecule has 2 aromatic heterocycles. The number of amides is 1. The highest BCUT2D eigenvalue weighted by Gasteiger charge is 2.14. The SMILES string of the molecule is O=C(CSc1ncnc2c1nnn2Cc1ccccc1)Nc1ccccc1F. The maximum atomic E-state index is 13.6. The summed E-state index contributed by atoms with van der Waals surface area (Å²) in [7, 11) is 0. The van der Waals surface area contributed by atoms with Gasteiger partial charge in [0.1, 0.15) is 17.2 Å². The summed E-state index contributed by atoms with van der Waals surface area (Å²) in [6.45, 7) is 0.534. The van der Waals surface area contributed by atoms with Gasteiger partial charge >= 0.3 is 0 Å². The molecule has 0 aliphatic rings. The van der Waals surface area contributed by atoms with Gasteiger partial charge in [-0.1, -0.05) is 59.4 Å². The minimum absolute atomic E-state index is 0.0615. The number of hydrogen-bond donors (Lipinski definition) is 1. The second-order valence-corrected chi connectivity index (χ2v) is 6.86. The van der Waals surface area contributed by atoms with E-state index in [2.05, 4.69) is 25.6 Å². The summed E-state index contributed by atoms with van der Waals surface area (Å²) in [5.41, 5.74) is 2.35. The number of rotatable bonds is 6. The molecule has 0 aliphatic heterocycles. The van der Waals surface area contributed by atoms with Gasteiger partial charge in [0, 0.05) is 0 Å². The molecule has 0 unspecified atom stereocenters. The molecule has 0 saturated carbocycles. The third-order valence-electron chi connectivity index (χ3n) is 3.93. The number of nitrogens with zero attached hydrogens (tertiary/aromatic N) is 5. The monoisotopic (exact) mass is 394 g/mol. The van der Waals surface area contributed by atoms with Crippen LogP contribution in [0.4, 0.5) is 10.1 Å². The van der Waals surface area contributed by atoms with Crippen molar-refractivity contribution in [1.29, 1.82) is 0 Å². The smallest absolute Gasteiger partial charge is 0.234 e. The first-order valence-corrected chi connectivity index (χ1v) is 9.44. The van der Waals surface area contributed by atoms with Gasteiger partial charge in [0.15, 0.2) is 11.2 Å². The number of fused-ring (bicyclic) bond motifs is 1. The summed E-state index contributed by atoms with van der Waals surface area (Å²) >= 11 is 1.20. The summed E-state index contributed by atoms with van der Waals surface area (Å²) < 4.78 is 15.3. The van der Waals surface area contributed by atoms with Crippen molar-refractivity contribution in [3.05, 3.63) is 72.3 Å². The van der Waals surface area contributed by atoms with E-state index >= 15 is 0 Å². The molecule has 9 heteroatoms. The van der Waals surface area contributed by atoms with Gasteiger partial charge in [-0.3, -0.25) is 4.79 Å². The van der Waals surface area contributed by atoms with Crippen LogP contribution in [0, 0.1) is 5.82 Å². The molecule has 140 valence electrons. The average Bonchev–Trinajstić information content (AvgIpc) is 3.12. The molecule has 2 aromatic carbocycles. The van der Waals surface area contributed by atoms with Gasteiger partial charge in [-0.2, -0.15) is 0 Å². The quantitative estimate of drug-likeness (QED) is 0.399. The summed E-state index contributed by atoms with van der Waals surface area (Å²) in [5, 5.41) is 11.4. The van der Waals surface area contributed by atoms with Gasteiger partial charge in [-0.05, 0) is 17.7 Å². The van der Waals surface area contributed by atoms with E-state index < -0.39 is 5.82 Å². The lowest BCUT2D eigenvalue weighted by Gasteiger charge is -2.06. The lowest BCUT2D eigenvalue weighted by Crippen LogP contribution is -2.15. The molecule has 28 heavy (non-hydrogen) atoms. The minimum atomic E-state index is -0.478. The summed E-state index contributed by atoms with van der Waals surface area (Å²) in [4.78, 5) is 20.6. The normalized spacial score (nSPS) is 10.9. The van der Waals surface area contributed by atoms with Crippen LogP contribution in [-0.2, 0) is 11.3 Å². The highest BCUT2D eigenvalue weighted by atomic mass is 32.2. The molecule has 1 N–H and O–H groups in total. The summed E-state index contributed by atoms with van der Waals surface area (Å²) in [5.74, 6) is -0.751. The number of nitrogens with one attached hydrogen (secondary N) is 1. The molecule has 0 spiro atoms. The van der Waals surface area contributed by atoms with Crippen LogP contribution in [0.5, 0.6) is 0 Å². The Morgan fingerprint density at radius 3 is 2.68 bits per heavy atom. The molecule has 1 amide bonds. The molecule has 0 atom stereocenters. The average molecular weight is 394 g/mol. The molecule has 0 fully saturated rings. The van der Waals surface area contributed by atoms with Crippen LogP contribution >= 0.6 is 11.8 Å². The zero-order valence-electron chi connectivity index (χ0n) is 14.6. The van der Waals surface area contributed by atoms with E-state index in [4.69, 9.17) is 0 Å². The van der Waals surface area contributed by atoms with Crippen molar-refractivity contribution in [2.45, 2.75) is 11.6 Å². The van der Waals surface area contributed by atoms with Crippen LogP contribution < -0.4 is 5.32 Å². The predicted molar refractivity (Wildman–Crippen MR) is 104 cm³/mol. The van der Waals surface area contributed by atoms with Crippen molar-refractivity contribution in [2.75, 3.05) is 11.1 Å². The minimum Gasteiger partial charge on any atom is -0.323 e. The molecule has 4 rings (SSSR count). The molecule has 0 aliphatic carbocycles. The zero-order chi connectivity index (χ0) is 19.3.